The van der Waals surface area contributed by atoms with Crippen molar-refractivity contribution in [1.82, 2.24) is 0 Å². The number of nitrogens with two attached hydrogens (primary N) is 1. The van der Waals surface area contributed by atoms with Gasteiger partial charge in [0.2, 0.25) is 0 Å². The van der Waals surface area contributed by atoms with E-state index in [1.807, 2.05) is 0 Å². The number of hydrogen-bond acceptors (Lipinski definition) is 4. The number of nitrogen functional groups attached to an aromatic ring is 1. The number of esters is 1. The molecule has 1 aromatic carbocycles. The van der Waals surface area contributed by atoms with Gasteiger partial charge < -0.3 is 10.5 Å². The number of anilines is 1. The third kappa shape index (κ3) is 2.95. The van der Waals surface area contributed by atoms with Crippen molar-refractivity contribution < 1.29 is 14.3 Å². The summed E-state index contributed by atoms with van der Waals surface area (Å²) in [6.07, 6.45) is 6.07. The van der Waals surface area contributed by atoms with Crippen LogP contribution in [0, 0.1) is 23.2 Å². The molecule has 0 aliphatic heterocycles. The molecule has 0 heterocycles. The molecule has 5 rings (SSSR count). The lowest BCUT2D eigenvalue weighted by molar-refractivity contribution is -0.152. The van der Waals surface area contributed by atoms with Crippen LogP contribution in [0.4, 0.5) is 5.69 Å². The number of Topliss-reactive ketones (excluding diaryl/α,β-unsaturated/α-hetero) is 1. The molecule has 0 spiro atoms. The summed E-state index contributed by atoms with van der Waals surface area (Å²) in [6, 6.07) is 4.63. The van der Waals surface area contributed by atoms with Crippen LogP contribution in [0.2, 0.25) is 5.02 Å². The molecule has 0 saturated heterocycles. The van der Waals surface area contributed by atoms with Crippen LogP contribution in [-0.4, -0.2) is 17.9 Å². The van der Waals surface area contributed by atoms with E-state index in [2.05, 4.69) is 0 Å². The highest BCUT2D eigenvalue weighted by atomic mass is 35.5. The number of rotatable bonds is 4. The van der Waals surface area contributed by atoms with Crippen LogP contribution in [-0.2, 0) is 9.53 Å². The van der Waals surface area contributed by atoms with E-state index in [0.29, 0.717) is 34.0 Å². The number of ether oxygens (including phenoxy) is 1. The van der Waals surface area contributed by atoms with Gasteiger partial charge in [0, 0.05) is 5.41 Å². The predicted molar refractivity (Wildman–Crippen MR) is 96.4 cm³/mol. The van der Waals surface area contributed by atoms with Crippen molar-refractivity contribution >= 4 is 29.0 Å². The molecule has 1 aromatic rings. The summed E-state index contributed by atoms with van der Waals surface area (Å²) in [4.78, 5) is 25.5. The molecular weight excluding hydrogens is 338 g/mol. The summed E-state index contributed by atoms with van der Waals surface area (Å²) < 4.78 is 5.50. The maximum atomic E-state index is 13.2. The molecule has 4 nitrogen and oxygen atoms in total. The molecule has 0 unspecified atom stereocenters. The van der Waals surface area contributed by atoms with Crippen molar-refractivity contribution in [3.05, 3.63) is 28.8 Å². The predicted octanol–water partition coefficient (Wildman–Crippen LogP) is 4.25. The third-order valence-corrected chi connectivity index (χ3v) is 6.79. The quantitative estimate of drug-likeness (QED) is 0.642. The third-order valence-electron chi connectivity index (χ3n) is 6.45. The fraction of sp³-hybridized carbons (Fsp3) is 0.600. The molecule has 2 N–H and O–H groups in total. The Bertz CT molecular complexity index is 694. The lowest BCUT2D eigenvalue weighted by Gasteiger charge is -2.56. The second-order valence-corrected chi connectivity index (χ2v) is 8.75. The summed E-state index contributed by atoms with van der Waals surface area (Å²) in [5.74, 6) is 1.66. The van der Waals surface area contributed by atoms with Crippen molar-refractivity contribution in [2.24, 2.45) is 23.2 Å². The first-order valence-corrected chi connectivity index (χ1v) is 9.54. The van der Waals surface area contributed by atoms with Gasteiger partial charge in [0.05, 0.1) is 16.3 Å². The summed E-state index contributed by atoms with van der Waals surface area (Å²) in [6.45, 7) is 1.71. The van der Waals surface area contributed by atoms with Gasteiger partial charge in [0.15, 0.2) is 11.9 Å². The van der Waals surface area contributed by atoms with Crippen LogP contribution in [0.25, 0.3) is 0 Å². The summed E-state index contributed by atoms with van der Waals surface area (Å²) in [5, 5.41) is 0.397. The van der Waals surface area contributed by atoms with Crippen LogP contribution in [0.1, 0.15) is 55.8 Å². The van der Waals surface area contributed by atoms with E-state index < -0.39 is 12.1 Å². The molecule has 5 heteroatoms. The first kappa shape index (κ1) is 16.9. The summed E-state index contributed by atoms with van der Waals surface area (Å²) in [7, 11) is 0. The molecule has 4 aliphatic carbocycles. The van der Waals surface area contributed by atoms with Gasteiger partial charge in [-0.2, -0.15) is 0 Å². The van der Waals surface area contributed by atoms with Crippen LogP contribution < -0.4 is 5.73 Å². The standard InChI is InChI=1S/C20H24ClNO3/c1-11(25-19(24)15-2-3-16(21)17(22)7-15)18(23)20-8-12-4-13(9-20)6-14(5-12)10-20/h2-3,7,11-14H,4-6,8-10,22H2,1H3/t11-,12?,13?,14?,20?/m0/s1. The molecule has 4 aliphatic rings. The van der Waals surface area contributed by atoms with E-state index in [9.17, 15) is 9.59 Å². The second-order valence-electron chi connectivity index (χ2n) is 8.35. The SMILES string of the molecule is C[C@H](OC(=O)c1ccc(Cl)c(N)c1)C(=O)C12CC3CC(CC(C3)C1)C2. The second kappa shape index (κ2) is 6.01. The van der Waals surface area contributed by atoms with Gasteiger partial charge in [-0.15, -0.1) is 0 Å². The Kier molecular flexibility index (Phi) is 4.06. The smallest absolute Gasteiger partial charge is 0.338 e. The lowest BCUT2D eigenvalue weighted by Crippen LogP contribution is -2.52. The van der Waals surface area contributed by atoms with Crippen molar-refractivity contribution in [3.63, 3.8) is 0 Å². The zero-order valence-electron chi connectivity index (χ0n) is 14.5. The first-order chi connectivity index (χ1) is 11.9. The van der Waals surface area contributed by atoms with Gasteiger partial charge in [0.25, 0.3) is 0 Å². The summed E-state index contributed by atoms with van der Waals surface area (Å²) in [5.41, 5.74) is 6.14. The number of benzene rings is 1. The van der Waals surface area contributed by atoms with Crippen LogP contribution in [0.3, 0.4) is 0 Å². The normalized spacial score (nSPS) is 33.9. The van der Waals surface area contributed by atoms with E-state index in [-0.39, 0.29) is 11.2 Å². The van der Waals surface area contributed by atoms with Crippen LogP contribution in [0.5, 0.6) is 0 Å². The number of halogens is 1. The Labute approximate surface area is 153 Å². The van der Waals surface area contributed by atoms with Gasteiger partial charge in [0.1, 0.15) is 0 Å². The van der Waals surface area contributed by atoms with Gasteiger partial charge in [-0.25, -0.2) is 4.79 Å². The fourth-order valence-corrected chi connectivity index (χ4v) is 5.91. The average Bonchev–Trinajstić information content (AvgIpc) is 2.55. The number of carbonyl (C=O) groups excluding carboxylic acids is 2. The van der Waals surface area contributed by atoms with Crippen molar-refractivity contribution in [1.29, 1.82) is 0 Å². The van der Waals surface area contributed by atoms with E-state index in [0.717, 1.165) is 19.3 Å². The molecule has 4 bridgehead atoms. The molecule has 0 radical (unpaired) electrons. The van der Waals surface area contributed by atoms with Crippen molar-refractivity contribution in [3.8, 4) is 0 Å². The zero-order valence-corrected chi connectivity index (χ0v) is 15.2. The number of hydrogen-bond donors (Lipinski definition) is 1. The van der Waals surface area contributed by atoms with E-state index in [4.69, 9.17) is 22.1 Å². The fourth-order valence-electron chi connectivity index (χ4n) is 5.80. The van der Waals surface area contributed by atoms with Gasteiger partial charge in [-0.1, -0.05) is 11.6 Å². The lowest BCUT2D eigenvalue weighted by atomic mass is 9.48. The Balaban J connectivity index is 1.47. The molecule has 4 saturated carbocycles. The van der Waals surface area contributed by atoms with Gasteiger partial charge in [-0.05, 0) is 81.4 Å². The average molecular weight is 362 g/mol. The Hall–Kier alpha value is -1.55. The topological polar surface area (TPSA) is 69.4 Å². The number of ketones is 1. The van der Waals surface area contributed by atoms with Gasteiger partial charge >= 0.3 is 5.97 Å². The van der Waals surface area contributed by atoms with Crippen molar-refractivity contribution in [2.75, 3.05) is 5.73 Å². The van der Waals surface area contributed by atoms with E-state index >= 15 is 0 Å². The first-order valence-electron chi connectivity index (χ1n) is 9.16. The molecule has 1 atom stereocenters. The largest absolute Gasteiger partial charge is 0.451 e. The Morgan fingerprint density at radius 1 is 1.16 bits per heavy atom. The van der Waals surface area contributed by atoms with E-state index in [1.165, 1.54) is 25.3 Å². The van der Waals surface area contributed by atoms with Crippen LogP contribution in [0.15, 0.2) is 18.2 Å². The minimum absolute atomic E-state index is 0.113. The minimum atomic E-state index is -0.722. The van der Waals surface area contributed by atoms with Gasteiger partial charge in [-0.3, -0.25) is 4.79 Å². The van der Waals surface area contributed by atoms with E-state index in [1.54, 1.807) is 19.1 Å². The summed E-state index contributed by atoms with van der Waals surface area (Å²) >= 11 is 5.89. The maximum Gasteiger partial charge on any atom is 0.338 e. The molecule has 0 aromatic heterocycles. The molecule has 0 amide bonds. The van der Waals surface area contributed by atoms with Crippen LogP contribution >= 0.6 is 11.6 Å². The monoisotopic (exact) mass is 361 g/mol. The maximum absolute atomic E-state index is 13.2. The highest BCUT2D eigenvalue weighted by molar-refractivity contribution is 6.33. The highest BCUT2D eigenvalue weighted by Crippen LogP contribution is 2.60. The molecule has 4 fully saturated rings. The van der Waals surface area contributed by atoms with Crippen molar-refractivity contribution in [2.45, 2.75) is 51.6 Å². The number of carbonyl (C=O) groups is 2. The molecule has 134 valence electrons. The Morgan fingerprint density at radius 3 is 2.24 bits per heavy atom. The molecular formula is C20H24ClNO3. The Morgan fingerprint density at radius 2 is 1.72 bits per heavy atom. The highest BCUT2D eigenvalue weighted by Gasteiger charge is 2.55. The minimum Gasteiger partial charge on any atom is -0.451 e. The zero-order chi connectivity index (χ0) is 17.8. The molecule has 25 heavy (non-hydrogen) atoms.